The first kappa shape index (κ1) is 46.1. The smallest absolute Gasteiger partial charge is 0.407 e. The minimum atomic E-state index is -1.96. The zero-order valence-electron chi connectivity index (χ0n) is 37.9. The van der Waals surface area contributed by atoms with E-state index < -0.39 is 53.5 Å². The molecule has 0 saturated heterocycles. The highest BCUT2D eigenvalue weighted by molar-refractivity contribution is 5.94. The lowest BCUT2D eigenvalue weighted by Crippen LogP contribution is -2.55. The van der Waals surface area contributed by atoms with Crippen molar-refractivity contribution in [3.8, 4) is 22.5 Å². The zero-order valence-corrected chi connectivity index (χ0v) is 37.9. The lowest BCUT2D eigenvalue weighted by molar-refractivity contribution is -0.172. The number of esters is 1. The molecule has 0 bridgehead atoms. The second kappa shape index (κ2) is 18.8. The van der Waals surface area contributed by atoms with Crippen molar-refractivity contribution in [2.75, 3.05) is 26.2 Å². The standard InChI is InChI=1S/C50H53N7O10/c1-6-50(65)39-22-41-43-36(24-57(41)47(62)38(39)26-66-48(50)63)34(35-18-12-13-19-40(35)55-43)20-21-56(7-2)42(58)23-51-44(59)27(3)52-45(60)28(4)53-46(61)29(5)54-49(64)67-25-37-32-16-10-8-14-30(32)31-15-9-11-17-33(31)37/h8-19,22,27-29,37,65H,6-7,20-21,23-26H2,1-5H3,(H,51,59)(H,52,60)(H,53,61)(H,54,64)/t27-,28-,29-,50-/m0/s1. The molecule has 3 aliphatic rings. The van der Waals surface area contributed by atoms with E-state index in [4.69, 9.17) is 14.5 Å². The maximum absolute atomic E-state index is 13.8. The SMILES string of the molecule is CCN(CCc1c2c(nc3ccccc13)-c1cc3c(c(=O)n1C2)COC(=O)[C@]3(O)CC)C(=O)CNC(=O)[C@H](C)NC(=O)[C@H](C)NC(=O)[C@H](C)NC(=O)OCC1c2ccccc2-c2ccccc21. The number of amides is 5. The van der Waals surface area contributed by atoms with Crippen LogP contribution in [0.1, 0.15) is 80.3 Å². The van der Waals surface area contributed by atoms with Crippen LogP contribution in [0.4, 0.5) is 4.79 Å². The highest BCUT2D eigenvalue weighted by Crippen LogP contribution is 2.45. The van der Waals surface area contributed by atoms with Crippen LogP contribution in [-0.4, -0.2) is 99.6 Å². The van der Waals surface area contributed by atoms with Crippen molar-refractivity contribution in [1.82, 2.24) is 35.7 Å². The number of carbonyl (C=O) groups is 6. The van der Waals surface area contributed by atoms with Crippen LogP contribution < -0.4 is 26.8 Å². The Labute approximate surface area is 386 Å². The Morgan fingerprint density at radius 1 is 0.851 bits per heavy atom. The van der Waals surface area contributed by atoms with Crippen molar-refractivity contribution in [3.05, 3.63) is 123 Å². The number of carbonyl (C=O) groups excluding carboxylic acids is 6. The van der Waals surface area contributed by atoms with E-state index in [1.807, 2.05) is 79.7 Å². The number of fused-ring (bicyclic) bond motifs is 8. The molecule has 0 unspecified atom stereocenters. The number of likely N-dealkylation sites (N-methyl/N-ethyl adjacent to an activating group) is 1. The molecule has 8 rings (SSSR count). The second-order valence-electron chi connectivity index (χ2n) is 17.1. The number of aromatic nitrogens is 2. The summed E-state index contributed by atoms with van der Waals surface area (Å²) < 4.78 is 12.3. The van der Waals surface area contributed by atoms with Crippen LogP contribution in [0.3, 0.4) is 0 Å². The summed E-state index contributed by atoms with van der Waals surface area (Å²) in [6.07, 6.45) is -0.382. The number of nitrogens with one attached hydrogen (secondary N) is 4. The Morgan fingerprint density at radius 3 is 2.12 bits per heavy atom. The molecule has 0 spiro atoms. The van der Waals surface area contributed by atoms with Gasteiger partial charge in [0.1, 0.15) is 31.3 Å². The molecule has 5 aromatic rings. The number of rotatable bonds is 15. The van der Waals surface area contributed by atoms with Crippen molar-refractivity contribution < 1.29 is 43.3 Å². The molecule has 5 amide bonds. The Morgan fingerprint density at radius 2 is 1.46 bits per heavy atom. The fraction of sp³-hybridized carbons (Fsp3) is 0.360. The van der Waals surface area contributed by atoms with Crippen LogP contribution in [0.5, 0.6) is 0 Å². The molecule has 5 N–H and O–H groups in total. The van der Waals surface area contributed by atoms with Crippen LogP contribution in [0.15, 0.2) is 83.7 Å². The van der Waals surface area contributed by atoms with Gasteiger partial charge in [0, 0.05) is 35.5 Å². The Kier molecular flexibility index (Phi) is 13.0. The molecular formula is C50H53N7O10. The number of benzene rings is 3. The Bertz CT molecular complexity index is 2850. The molecule has 0 saturated carbocycles. The number of nitrogens with zero attached hydrogens (tertiary/aromatic N) is 3. The van der Waals surface area contributed by atoms with Gasteiger partial charge in [0.25, 0.3) is 5.56 Å². The van der Waals surface area contributed by atoms with Gasteiger partial charge in [-0.15, -0.1) is 0 Å². The quantitative estimate of drug-likeness (QED) is 0.0937. The van der Waals surface area contributed by atoms with Crippen LogP contribution in [0.2, 0.25) is 0 Å². The fourth-order valence-electron chi connectivity index (χ4n) is 9.22. The van der Waals surface area contributed by atoms with Gasteiger partial charge < -0.3 is 45.3 Å². The van der Waals surface area contributed by atoms with E-state index in [2.05, 4.69) is 21.3 Å². The normalized spacial score (nSPS) is 16.8. The van der Waals surface area contributed by atoms with Crippen LogP contribution >= 0.6 is 0 Å². The van der Waals surface area contributed by atoms with E-state index in [-0.39, 0.29) is 67.8 Å². The summed E-state index contributed by atoms with van der Waals surface area (Å²) in [6.45, 7) is 8.09. The molecule has 67 heavy (non-hydrogen) atoms. The van der Waals surface area contributed by atoms with Crippen molar-refractivity contribution in [2.24, 2.45) is 0 Å². The predicted octanol–water partition coefficient (Wildman–Crippen LogP) is 3.52. The summed E-state index contributed by atoms with van der Waals surface area (Å²) in [5, 5.41) is 22.4. The van der Waals surface area contributed by atoms with Gasteiger partial charge in [-0.25, -0.2) is 14.6 Å². The lowest BCUT2D eigenvalue weighted by atomic mass is 9.86. The number of hydrogen-bond donors (Lipinski definition) is 5. The molecular weight excluding hydrogens is 859 g/mol. The van der Waals surface area contributed by atoms with Crippen LogP contribution in [0.25, 0.3) is 33.4 Å². The third-order valence-corrected chi connectivity index (χ3v) is 13.1. The van der Waals surface area contributed by atoms with Gasteiger partial charge in [-0.3, -0.25) is 24.0 Å². The number of hydrogen-bond acceptors (Lipinski definition) is 11. The number of para-hydroxylation sites is 1. The van der Waals surface area contributed by atoms with Gasteiger partial charge in [0.2, 0.25) is 23.6 Å². The van der Waals surface area contributed by atoms with Gasteiger partial charge in [-0.2, -0.15) is 0 Å². The van der Waals surface area contributed by atoms with E-state index >= 15 is 0 Å². The van der Waals surface area contributed by atoms with Gasteiger partial charge >= 0.3 is 12.1 Å². The maximum atomic E-state index is 13.8. The van der Waals surface area contributed by atoms with Crippen LogP contribution in [-0.2, 0) is 58.6 Å². The fourth-order valence-corrected chi connectivity index (χ4v) is 9.22. The predicted molar refractivity (Wildman–Crippen MR) is 246 cm³/mol. The molecule has 348 valence electrons. The third kappa shape index (κ3) is 8.73. The summed E-state index contributed by atoms with van der Waals surface area (Å²) in [4.78, 5) is 98.4. The third-order valence-electron chi connectivity index (χ3n) is 13.1. The number of cyclic esters (lactones) is 1. The molecule has 17 nitrogen and oxygen atoms in total. The number of ether oxygens (including phenoxy) is 2. The van der Waals surface area contributed by atoms with Crippen molar-refractivity contribution in [2.45, 2.75) is 90.3 Å². The molecule has 0 radical (unpaired) electrons. The highest BCUT2D eigenvalue weighted by atomic mass is 16.6. The van der Waals surface area contributed by atoms with E-state index in [1.165, 1.54) is 20.8 Å². The lowest BCUT2D eigenvalue weighted by Gasteiger charge is -2.31. The molecule has 1 aliphatic carbocycles. The van der Waals surface area contributed by atoms with E-state index in [0.717, 1.165) is 38.8 Å². The minimum Gasteiger partial charge on any atom is -0.458 e. The molecule has 2 aliphatic heterocycles. The van der Waals surface area contributed by atoms with Gasteiger partial charge in [-0.05, 0) is 80.5 Å². The summed E-state index contributed by atoms with van der Waals surface area (Å²) >= 11 is 0. The van der Waals surface area contributed by atoms with Crippen molar-refractivity contribution in [1.29, 1.82) is 0 Å². The van der Waals surface area contributed by atoms with Crippen LogP contribution in [0, 0.1) is 0 Å². The van der Waals surface area contributed by atoms with Gasteiger partial charge in [-0.1, -0.05) is 73.7 Å². The van der Waals surface area contributed by atoms with Gasteiger partial charge in [0.05, 0.1) is 35.6 Å². The summed E-state index contributed by atoms with van der Waals surface area (Å²) in [5.41, 5.74) is 5.76. The average molecular weight is 912 g/mol. The molecule has 3 aromatic carbocycles. The molecule has 2 aromatic heterocycles. The highest BCUT2D eigenvalue weighted by Gasteiger charge is 2.45. The van der Waals surface area contributed by atoms with Crippen molar-refractivity contribution in [3.63, 3.8) is 0 Å². The average Bonchev–Trinajstić information content (AvgIpc) is 3.86. The molecule has 4 heterocycles. The first-order valence-corrected chi connectivity index (χ1v) is 22.5. The Balaban J connectivity index is 0.827. The summed E-state index contributed by atoms with van der Waals surface area (Å²) in [5.74, 6) is -3.24. The van der Waals surface area contributed by atoms with E-state index in [1.54, 1.807) is 22.5 Å². The maximum Gasteiger partial charge on any atom is 0.407 e. The second-order valence-corrected chi connectivity index (χ2v) is 17.1. The van der Waals surface area contributed by atoms with E-state index in [9.17, 15) is 38.7 Å². The van der Waals surface area contributed by atoms with E-state index in [0.29, 0.717) is 29.9 Å². The molecule has 17 heteroatoms. The molecule has 0 fully saturated rings. The summed E-state index contributed by atoms with van der Waals surface area (Å²) in [6, 6.07) is 21.9. The Hall–Kier alpha value is -7.40. The first-order valence-electron chi connectivity index (χ1n) is 22.5. The number of aliphatic hydroxyl groups is 1. The first-order chi connectivity index (χ1) is 32.1. The largest absolute Gasteiger partial charge is 0.458 e. The van der Waals surface area contributed by atoms with Crippen molar-refractivity contribution >= 4 is 46.6 Å². The summed E-state index contributed by atoms with van der Waals surface area (Å²) in [7, 11) is 0. The monoisotopic (exact) mass is 911 g/mol. The number of pyridine rings is 2. The topological polar surface area (TPSA) is 227 Å². The minimum absolute atomic E-state index is 0.0206. The van der Waals surface area contributed by atoms with Gasteiger partial charge in [0.15, 0.2) is 5.60 Å². The molecule has 4 atom stereocenters. The number of alkyl carbamates (subject to hydrolysis) is 1. The zero-order chi connectivity index (χ0) is 47.7.